The van der Waals surface area contributed by atoms with Gasteiger partial charge in [-0.15, -0.1) is 24.2 Å². The second-order valence-corrected chi connectivity index (χ2v) is 5.33. The van der Waals surface area contributed by atoms with Crippen LogP contribution in [-0.4, -0.2) is 41.6 Å². The van der Waals surface area contributed by atoms with Crippen molar-refractivity contribution in [2.45, 2.75) is 25.8 Å². The predicted octanol–water partition coefficient (Wildman–Crippen LogP) is 1.33. The molecule has 15 heavy (non-hydrogen) atoms. The summed E-state index contributed by atoms with van der Waals surface area (Å²) in [5.41, 5.74) is 0. The third-order valence-corrected chi connectivity index (χ3v) is 3.92. The van der Waals surface area contributed by atoms with Crippen LogP contribution in [0.4, 0.5) is 0 Å². The van der Waals surface area contributed by atoms with Crippen molar-refractivity contribution in [3.05, 3.63) is 0 Å². The molecular formula is C10H19ClN2OS. The summed E-state index contributed by atoms with van der Waals surface area (Å²) in [7, 11) is 0. The molecule has 0 bridgehead atoms. The Labute approximate surface area is 102 Å². The first-order valence-electron chi connectivity index (χ1n) is 5.37. The molecule has 2 fully saturated rings. The summed E-state index contributed by atoms with van der Waals surface area (Å²) < 4.78 is 0. The molecule has 3 nitrogen and oxygen atoms in total. The molecule has 2 heterocycles. The number of likely N-dealkylation sites (tertiary alicyclic amines) is 1. The first-order valence-corrected chi connectivity index (χ1v) is 6.53. The average Bonchev–Trinajstić information content (AvgIpc) is 2.69. The molecular weight excluding hydrogens is 232 g/mol. The summed E-state index contributed by atoms with van der Waals surface area (Å²) in [5.74, 6) is 2.88. The van der Waals surface area contributed by atoms with Crippen molar-refractivity contribution in [2.75, 3.05) is 24.7 Å². The highest BCUT2D eigenvalue weighted by Gasteiger charge is 2.29. The summed E-state index contributed by atoms with van der Waals surface area (Å²) in [6, 6.07) is 0.0882. The lowest BCUT2D eigenvalue weighted by atomic mass is 10.00. The van der Waals surface area contributed by atoms with Crippen LogP contribution in [0.5, 0.6) is 0 Å². The topological polar surface area (TPSA) is 32.3 Å². The molecule has 2 atom stereocenters. The number of thioether (sulfide) groups is 1. The normalized spacial score (nSPS) is 31.1. The molecule has 2 saturated heterocycles. The lowest BCUT2D eigenvalue weighted by Gasteiger charge is -2.32. The molecule has 0 radical (unpaired) electrons. The second kappa shape index (κ2) is 5.97. The highest BCUT2D eigenvalue weighted by atomic mass is 35.5. The second-order valence-electron chi connectivity index (χ2n) is 4.30. The molecule has 1 amide bonds. The molecule has 0 saturated carbocycles. The molecule has 0 aromatic heterocycles. The van der Waals surface area contributed by atoms with E-state index in [2.05, 4.69) is 12.2 Å². The zero-order valence-corrected chi connectivity index (χ0v) is 10.7. The van der Waals surface area contributed by atoms with Crippen molar-refractivity contribution in [3.8, 4) is 0 Å². The maximum Gasteiger partial charge on any atom is 0.240 e. The molecule has 0 aromatic rings. The fourth-order valence-corrected chi connectivity index (χ4v) is 3.10. The Balaban J connectivity index is 0.00000112. The summed E-state index contributed by atoms with van der Waals surface area (Å²) in [6.07, 6.45) is 2.45. The van der Waals surface area contributed by atoms with Gasteiger partial charge in [-0.3, -0.25) is 10.1 Å². The van der Waals surface area contributed by atoms with Crippen LogP contribution >= 0.6 is 24.2 Å². The van der Waals surface area contributed by atoms with Gasteiger partial charge in [-0.1, -0.05) is 6.92 Å². The van der Waals surface area contributed by atoms with E-state index in [0.29, 0.717) is 11.8 Å². The fourth-order valence-electron chi connectivity index (χ4n) is 2.16. The third kappa shape index (κ3) is 3.26. The van der Waals surface area contributed by atoms with E-state index in [9.17, 15) is 4.79 Å². The minimum absolute atomic E-state index is 0. The highest BCUT2D eigenvalue weighted by Crippen LogP contribution is 2.18. The van der Waals surface area contributed by atoms with Gasteiger partial charge < -0.3 is 4.90 Å². The van der Waals surface area contributed by atoms with Crippen molar-refractivity contribution in [3.63, 3.8) is 0 Å². The van der Waals surface area contributed by atoms with Gasteiger partial charge in [0.2, 0.25) is 5.91 Å². The van der Waals surface area contributed by atoms with E-state index < -0.39 is 0 Å². The number of carbonyl (C=O) groups is 1. The molecule has 2 unspecified atom stereocenters. The predicted molar refractivity (Wildman–Crippen MR) is 66.5 cm³/mol. The van der Waals surface area contributed by atoms with Gasteiger partial charge in [0.15, 0.2) is 0 Å². The summed E-state index contributed by atoms with van der Waals surface area (Å²) in [5, 5.41) is 3.24. The molecule has 2 aliphatic heterocycles. The number of halogens is 1. The van der Waals surface area contributed by atoms with E-state index in [1.807, 2.05) is 16.7 Å². The molecule has 5 heteroatoms. The van der Waals surface area contributed by atoms with Gasteiger partial charge in [0.1, 0.15) is 0 Å². The number of hydrogen-bond donors (Lipinski definition) is 1. The number of piperidine rings is 1. The van der Waals surface area contributed by atoms with Crippen molar-refractivity contribution >= 4 is 30.1 Å². The van der Waals surface area contributed by atoms with Gasteiger partial charge in [-0.25, -0.2) is 0 Å². The molecule has 0 aromatic carbocycles. The van der Waals surface area contributed by atoms with E-state index in [1.54, 1.807) is 0 Å². The first kappa shape index (κ1) is 13.1. The van der Waals surface area contributed by atoms with Crippen LogP contribution in [-0.2, 0) is 4.79 Å². The van der Waals surface area contributed by atoms with Gasteiger partial charge in [-0.05, 0) is 18.8 Å². The Kier molecular flexibility index (Phi) is 5.23. The Morgan fingerprint density at radius 3 is 2.93 bits per heavy atom. The van der Waals surface area contributed by atoms with Crippen LogP contribution in [0, 0.1) is 5.92 Å². The first-order chi connectivity index (χ1) is 6.77. The lowest BCUT2D eigenvalue weighted by Crippen LogP contribution is -2.48. The molecule has 2 aliphatic rings. The van der Waals surface area contributed by atoms with Crippen molar-refractivity contribution in [2.24, 2.45) is 5.92 Å². The van der Waals surface area contributed by atoms with E-state index in [0.717, 1.165) is 24.7 Å². The Bertz CT molecular complexity index is 221. The monoisotopic (exact) mass is 250 g/mol. The van der Waals surface area contributed by atoms with Gasteiger partial charge >= 0.3 is 0 Å². The summed E-state index contributed by atoms with van der Waals surface area (Å²) in [4.78, 5) is 14.0. The number of hydrogen-bond acceptors (Lipinski definition) is 3. The fraction of sp³-hybridized carbons (Fsp3) is 0.900. The number of nitrogens with one attached hydrogen (secondary N) is 1. The van der Waals surface area contributed by atoms with Crippen LogP contribution < -0.4 is 5.32 Å². The standard InChI is InChI=1S/C10H18N2OS.ClH/c1-8-3-2-4-12(5-8)10(13)9-6-14-7-11-9;/h8-9,11H,2-7H2,1H3;1H. The number of carbonyl (C=O) groups excluding carboxylic acids is 1. The Morgan fingerprint density at radius 2 is 2.33 bits per heavy atom. The van der Waals surface area contributed by atoms with Crippen LogP contribution in [0.2, 0.25) is 0 Å². The number of amides is 1. The van der Waals surface area contributed by atoms with Crippen molar-refractivity contribution < 1.29 is 4.79 Å². The van der Waals surface area contributed by atoms with Crippen LogP contribution in [0.1, 0.15) is 19.8 Å². The summed E-state index contributed by atoms with van der Waals surface area (Å²) >= 11 is 1.82. The largest absolute Gasteiger partial charge is 0.341 e. The highest BCUT2D eigenvalue weighted by molar-refractivity contribution is 7.99. The SMILES string of the molecule is CC1CCCN(C(=O)C2CSCN2)C1.Cl. The molecule has 0 aliphatic carbocycles. The maximum absolute atomic E-state index is 12.0. The van der Waals surface area contributed by atoms with E-state index in [-0.39, 0.29) is 18.4 Å². The van der Waals surface area contributed by atoms with Crippen LogP contribution in [0.25, 0.3) is 0 Å². The smallest absolute Gasteiger partial charge is 0.240 e. The molecule has 1 N–H and O–H groups in total. The van der Waals surface area contributed by atoms with Gasteiger partial charge in [-0.2, -0.15) is 0 Å². The van der Waals surface area contributed by atoms with Crippen LogP contribution in [0.15, 0.2) is 0 Å². The van der Waals surface area contributed by atoms with E-state index in [1.165, 1.54) is 12.8 Å². The van der Waals surface area contributed by atoms with Gasteiger partial charge in [0, 0.05) is 24.7 Å². The number of rotatable bonds is 1. The Morgan fingerprint density at radius 1 is 1.53 bits per heavy atom. The molecule has 0 spiro atoms. The quantitative estimate of drug-likeness (QED) is 0.762. The van der Waals surface area contributed by atoms with E-state index >= 15 is 0 Å². The molecule has 88 valence electrons. The van der Waals surface area contributed by atoms with Crippen molar-refractivity contribution in [1.82, 2.24) is 10.2 Å². The van der Waals surface area contributed by atoms with Gasteiger partial charge in [0.25, 0.3) is 0 Å². The van der Waals surface area contributed by atoms with E-state index in [4.69, 9.17) is 0 Å². The van der Waals surface area contributed by atoms with Crippen molar-refractivity contribution in [1.29, 1.82) is 0 Å². The number of nitrogens with zero attached hydrogens (tertiary/aromatic N) is 1. The third-order valence-electron chi connectivity index (χ3n) is 2.98. The minimum Gasteiger partial charge on any atom is -0.341 e. The zero-order chi connectivity index (χ0) is 9.97. The lowest BCUT2D eigenvalue weighted by molar-refractivity contribution is -0.134. The summed E-state index contributed by atoms with van der Waals surface area (Å²) in [6.45, 7) is 4.16. The Hall–Kier alpha value is 0.0700. The average molecular weight is 251 g/mol. The van der Waals surface area contributed by atoms with Gasteiger partial charge in [0.05, 0.1) is 6.04 Å². The minimum atomic E-state index is 0. The molecule has 2 rings (SSSR count). The maximum atomic E-state index is 12.0. The zero-order valence-electron chi connectivity index (χ0n) is 9.07. The van der Waals surface area contributed by atoms with Crippen LogP contribution in [0.3, 0.4) is 0 Å².